The Bertz CT molecular complexity index is 610. The monoisotopic (exact) mass is 307 g/mol. The van der Waals surface area contributed by atoms with Gasteiger partial charge in [0.05, 0.1) is 17.8 Å². The molecule has 108 valence electrons. The summed E-state index contributed by atoms with van der Waals surface area (Å²) in [4.78, 5) is 0.156. The summed E-state index contributed by atoms with van der Waals surface area (Å²) in [5.41, 5.74) is 0. The van der Waals surface area contributed by atoms with Crippen molar-refractivity contribution >= 4 is 20.1 Å². The number of hydrogen-bond acceptors (Lipinski definition) is 5. The van der Waals surface area contributed by atoms with Crippen LogP contribution in [0.1, 0.15) is 6.92 Å². The van der Waals surface area contributed by atoms with Crippen LogP contribution in [0.25, 0.3) is 0 Å². The van der Waals surface area contributed by atoms with Crippen molar-refractivity contribution in [2.45, 2.75) is 17.9 Å². The molecule has 0 saturated heterocycles. The van der Waals surface area contributed by atoms with Gasteiger partial charge in [0.1, 0.15) is 0 Å². The quantitative estimate of drug-likeness (QED) is 0.722. The summed E-state index contributed by atoms with van der Waals surface area (Å²) in [6, 6.07) is 7.33. The molecule has 0 saturated carbocycles. The van der Waals surface area contributed by atoms with Crippen LogP contribution in [0.3, 0.4) is 0 Å². The van der Waals surface area contributed by atoms with Crippen molar-refractivity contribution in [1.29, 1.82) is 0 Å². The van der Waals surface area contributed by atoms with Gasteiger partial charge in [0.25, 0.3) is 10.1 Å². The highest BCUT2D eigenvalue weighted by Gasteiger charge is 2.25. The second-order valence-electron chi connectivity index (χ2n) is 4.17. The predicted molar refractivity (Wildman–Crippen MR) is 71.6 cm³/mol. The van der Waals surface area contributed by atoms with Gasteiger partial charge in [-0.3, -0.25) is 4.18 Å². The Morgan fingerprint density at radius 2 is 1.68 bits per heavy atom. The van der Waals surface area contributed by atoms with E-state index in [0.717, 1.165) is 10.6 Å². The fraction of sp³-hybridized carbons (Fsp3) is 0.455. The minimum absolute atomic E-state index is 0.156. The number of rotatable bonds is 6. The average Bonchev–Trinajstić information content (AvgIpc) is 2.35. The lowest BCUT2D eigenvalue weighted by Crippen LogP contribution is -2.38. The van der Waals surface area contributed by atoms with Gasteiger partial charge in [0, 0.05) is 13.1 Å². The SMILES string of the molecule is C[C@@H](COS(C)(=O)=O)N(C)S(=O)(=O)c1ccccc1. The van der Waals surface area contributed by atoms with Gasteiger partial charge < -0.3 is 0 Å². The van der Waals surface area contributed by atoms with E-state index >= 15 is 0 Å². The Kier molecular flexibility index (Phi) is 5.08. The molecule has 0 unspecified atom stereocenters. The standard InChI is InChI=1S/C11H17NO5S2/c1-10(9-17-18(3,13)14)12(2)19(15,16)11-7-5-4-6-8-11/h4-8,10H,9H2,1-3H3/t10-/m0/s1. The largest absolute Gasteiger partial charge is 0.269 e. The molecule has 0 radical (unpaired) electrons. The molecular formula is C11H17NO5S2. The summed E-state index contributed by atoms with van der Waals surface area (Å²) in [6.45, 7) is 1.35. The van der Waals surface area contributed by atoms with Crippen LogP contribution in [0.2, 0.25) is 0 Å². The highest BCUT2D eigenvalue weighted by atomic mass is 32.2. The van der Waals surface area contributed by atoms with Gasteiger partial charge in [-0.15, -0.1) is 0 Å². The predicted octanol–water partition coefficient (Wildman–Crippen LogP) is 0.672. The molecule has 0 aliphatic carbocycles. The molecule has 0 fully saturated rings. The molecule has 8 heteroatoms. The summed E-state index contributed by atoms with van der Waals surface area (Å²) in [5.74, 6) is 0. The molecule has 1 atom stereocenters. The Labute approximate surface area is 114 Å². The summed E-state index contributed by atoms with van der Waals surface area (Å²) < 4.78 is 51.9. The van der Waals surface area contributed by atoms with Gasteiger partial charge in [0.2, 0.25) is 10.0 Å². The molecule has 0 aromatic heterocycles. The maximum Gasteiger partial charge on any atom is 0.264 e. The first-order chi connectivity index (χ1) is 8.64. The van der Waals surface area contributed by atoms with E-state index in [-0.39, 0.29) is 11.5 Å². The average molecular weight is 307 g/mol. The second kappa shape index (κ2) is 6.00. The maximum atomic E-state index is 12.2. The van der Waals surface area contributed by atoms with Gasteiger partial charge in [-0.1, -0.05) is 18.2 Å². The van der Waals surface area contributed by atoms with Crippen LogP contribution >= 0.6 is 0 Å². The number of nitrogens with zero attached hydrogens (tertiary/aromatic N) is 1. The lowest BCUT2D eigenvalue weighted by atomic mass is 10.4. The lowest BCUT2D eigenvalue weighted by molar-refractivity contribution is 0.239. The van der Waals surface area contributed by atoms with E-state index in [2.05, 4.69) is 4.18 Å². The van der Waals surface area contributed by atoms with Crippen LogP contribution in [-0.4, -0.2) is 47.1 Å². The molecule has 0 aliphatic rings. The summed E-state index contributed by atoms with van der Waals surface area (Å²) >= 11 is 0. The molecule has 1 aromatic carbocycles. The first kappa shape index (κ1) is 16.1. The second-order valence-corrected chi connectivity index (χ2v) is 7.81. The van der Waals surface area contributed by atoms with Crippen LogP contribution in [0.15, 0.2) is 35.2 Å². The van der Waals surface area contributed by atoms with E-state index in [1.54, 1.807) is 25.1 Å². The third-order valence-corrected chi connectivity index (χ3v) is 5.11. The minimum atomic E-state index is -3.65. The molecule has 1 rings (SSSR count). The molecular weight excluding hydrogens is 290 g/mol. The van der Waals surface area contributed by atoms with Gasteiger partial charge in [-0.2, -0.15) is 12.7 Å². The molecule has 0 N–H and O–H groups in total. The minimum Gasteiger partial charge on any atom is -0.269 e. The van der Waals surface area contributed by atoms with Crippen LogP contribution in [0.4, 0.5) is 0 Å². The molecule has 0 aliphatic heterocycles. The number of hydrogen-bond donors (Lipinski definition) is 0. The van der Waals surface area contributed by atoms with E-state index in [9.17, 15) is 16.8 Å². The molecule has 0 amide bonds. The van der Waals surface area contributed by atoms with E-state index in [1.807, 2.05) is 0 Å². The van der Waals surface area contributed by atoms with Gasteiger partial charge in [-0.25, -0.2) is 8.42 Å². The van der Waals surface area contributed by atoms with Gasteiger partial charge in [0.15, 0.2) is 0 Å². The van der Waals surface area contributed by atoms with Crippen molar-refractivity contribution in [3.63, 3.8) is 0 Å². The van der Waals surface area contributed by atoms with Crippen molar-refractivity contribution in [3.8, 4) is 0 Å². The number of likely N-dealkylation sites (N-methyl/N-ethyl adjacent to an activating group) is 1. The zero-order valence-electron chi connectivity index (χ0n) is 11.0. The highest BCUT2D eigenvalue weighted by Crippen LogP contribution is 2.16. The first-order valence-corrected chi connectivity index (χ1v) is 8.78. The summed E-state index contributed by atoms with van der Waals surface area (Å²) in [6.07, 6.45) is 0.922. The Balaban J connectivity index is 2.85. The molecule has 0 spiro atoms. The van der Waals surface area contributed by atoms with E-state index in [0.29, 0.717) is 0 Å². The number of sulfonamides is 1. The molecule has 19 heavy (non-hydrogen) atoms. The first-order valence-electron chi connectivity index (χ1n) is 5.52. The van der Waals surface area contributed by atoms with E-state index in [1.165, 1.54) is 19.2 Å². The third-order valence-electron chi connectivity index (χ3n) is 2.56. The fourth-order valence-electron chi connectivity index (χ4n) is 1.32. The van der Waals surface area contributed by atoms with E-state index in [4.69, 9.17) is 0 Å². The lowest BCUT2D eigenvalue weighted by Gasteiger charge is -2.23. The van der Waals surface area contributed by atoms with Gasteiger partial charge >= 0.3 is 0 Å². The highest BCUT2D eigenvalue weighted by molar-refractivity contribution is 7.89. The van der Waals surface area contributed by atoms with Crippen LogP contribution in [-0.2, 0) is 24.3 Å². The van der Waals surface area contributed by atoms with Crippen molar-refractivity contribution in [3.05, 3.63) is 30.3 Å². The Morgan fingerprint density at radius 3 is 2.16 bits per heavy atom. The van der Waals surface area contributed by atoms with E-state index < -0.39 is 26.2 Å². The van der Waals surface area contributed by atoms with Crippen LogP contribution in [0.5, 0.6) is 0 Å². The van der Waals surface area contributed by atoms with Crippen molar-refractivity contribution in [1.82, 2.24) is 4.31 Å². The van der Waals surface area contributed by atoms with Crippen LogP contribution < -0.4 is 0 Å². The zero-order chi connectivity index (χ0) is 14.7. The Hall–Kier alpha value is -0.960. The molecule has 0 bridgehead atoms. The van der Waals surface area contributed by atoms with Gasteiger partial charge in [-0.05, 0) is 19.1 Å². The fourth-order valence-corrected chi connectivity index (χ4v) is 3.14. The van der Waals surface area contributed by atoms with Crippen molar-refractivity contribution in [2.24, 2.45) is 0 Å². The normalized spacial score (nSPS) is 14.5. The molecule has 6 nitrogen and oxygen atoms in total. The topological polar surface area (TPSA) is 80.8 Å². The molecule has 1 aromatic rings. The number of benzene rings is 1. The smallest absolute Gasteiger partial charge is 0.264 e. The van der Waals surface area contributed by atoms with Crippen LogP contribution in [0, 0.1) is 0 Å². The summed E-state index contributed by atoms with van der Waals surface area (Å²) in [5, 5.41) is 0. The maximum absolute atomic E-state index is 12.2. The summed E-state index contributed by atoms with van der Waals surface area (Å²) in [7, 11) is -5.84. The third kappa shape index (κ3) is 4.57. The molecule has 0 heterocycles. The Morgan fingerprint density at radius 1 is 1.16 bits per heavy atom. The van der Waals surface area contributed by atoms with Crippen molar-refractivity contribution in [2.75, 3.05) is 19.9 Å². The van der Waals surface area contributed by atoms with Crippen molar-refractivity contribution < 1.29 is 21.0 Å². The zero-order valence-corrected chi connectivity index (χ0v) is 12.6.